The first kappa shape index (κ1) is 29.3. The number of aliphatic hydroxyl groups is 3. The molecule has 0 bridgehead atoms. The van der Waals surface area contributed by atoms with Crippen LogP contribution < -0.4 is 11.1 Å². The largest absolute Gasteiger partial charge is 0.480 e. The number of hydrogen-bond donors (Lipinski definition) is 6. The molecule has 0 radical (unpaired) electrons. The zero-order valence-corrected chi connectivity index (χ0v) is 23.4. The molecule has 4 aliphatic rings. The minimum absolute atomic E-state index is 0.103. The molecular formula is C30H54N2O5. The first-order valence-corrected chi connectivity index (χ1v) is 15.2. The molecule has 4 fully saturated rings. The third-order valence-corrected chi connectivity index (χ3v) is 12.0. The highest BCUT2D eigenvalue weighted by Gasteiger charge is 2.65. The van der Waals surface area contributed by atoms with Crippen molar-refractivity contribution in [1.82, 2.24) is 5.32 Å². The van der Waals surface area contributed by atoms with E-state index in [2.05, 4.69) is 26.1 Å². The average Bonchev–Trinajstić information content (AvgIpc) is 3.20. The number of nitrogens with two attached hydrogens (primary N) is 1. The van der Waals surface area contributed by atoms with Crippen LogP contribution in [-0.4, -0.2) is 63.8 Å². The van der Waals surface area contributed by atoms with Gasteiger partial charge in [-0.1, -0.05) is 27.2 Å². The molecular weight excluding hydrogens is 468 g/mol. The van der Waals surface area contributed by atoms with Gasteiger partial charge in [-0.25, -0.2) is 0 Å². The Balaban J connectivity index is 1.38. The van der Waals surface area contributed by atoms with Crippen LogP contribution in [0.3, 0.4) is 0 Å². The van der Waals surface area contributed by atoms with E-state index in [1.807, 2.05) is 0 Å². The summed E-state index contributed by atoms with van der Waals surface area (Å²) >= 11 is 0. The van der Waals surface area contributed by atoms with Crippen LogP contribution in [-0.2, 0) is 4.79 Å². The highest BCUT2D eigenvalue weighted by atomic mass is 16.4. The second-order valence-electron chi connectivity index (χ2n) is 13.8. The first-order valence-electron chi connectivity index (χ1n) is 15.2. The third-order valence-electron chi connectivity index (χ3n) is 12.0. The van der Waals surface area contributed by atoms with Gasteiger partial charge < -0.3 is 31.5 Å². The molecule has 0 amide bonds. The zero-order chi connectivity index (χ0) is 27.0. The summed E-state index contributed by atoms with van der Waals surface area (Å²) in [5.41, 5.74) is 5.47. The number of carboxylic acids is 1. The van der Waals surface area contributed by atoms with Gasteiger partial charge in [-0.2, -0.15) is 0 Å². The fourth-order valence-electron chi connectivity index (χ4n) is 9.84. The van der Waals surface area contributed by atoms with Crippen LogP contribution in [0, 0.1) is 46.3 Å². The second-order valence-corrected chi connectivity index (χ2v) is 13.8. The third kappa shape index (κ3) is 5.50. The van der Waals surface area contributed by atoms with Gasteiger partial charge in [0.05, 0.1) is 18.3 Å². The van der Waals surface area contributed by atoms with E-state index >= 15 is 0 Å². The fourth-order valence-corrected chi connectivity index (χ4v) is 9.84. The lowest BCUT2D eigenvalue weighted by molar-refractivity contribution is -0.207. The van der Waals surface area contributed by atoms with E-state index in [4.69, 9.17) is 5.73 Å². The van der Waals surface area contributed by atoms with Crippen molar-refractivity contribution in [3.05, 3.63) is 0 Å². The highest BCUT2D eigenvalue weighted by Crippen LogP contribution is 2.68. The molecule has 0 aromatic heterocycles. The fraction of sp³-hybridized carbons (Fsp3) is 0.967. The van der Waals surface area contributed by atoms with Gasteiger partial charge in [-0.15, -0.1) is 0 Å². The van der Waals surface area contributed by atoms with Crippen molar-refractivity contribution < 1.29 is 25.2 Å². The second kappa shape index (κ2) is 11.8. The molecule has 4 rings (SSSR count). The summed E-state index contributed by atoms with van der Waals surface area (Å²) in [6.07, 6.45) is 9.64. The molecule has 0 saturated heterocycles. The average molecular weight is 523 g/mol. The minimum atomic E-state index is -0.787. The Morgan fingerprint density at radius 2 is 1.76 bits per heavy atom. The SMILES string of the molecule is C[C@H](CCCNC(CCCCN)C(=O)O)[C@H]1CC[C@H]2[C@@H]3[C@H](O)C[C@@H]4C[C@H](O)CC[C@]4(C)[C@H]3C[C@H](O)[C@]12C. The molecule has 7 nitrogen and oxygen atoms in total. The van der Waals surface area contributed by atoms with Crippen molar-refractivity contribution in [3.8, 4) is 0 Å². The van der Waals surface area contributed by atoms with Crippen LogP contribution in [0.2, 0.25) is 0 Å². The van der Waals surface area contributed by atoms with Crippen LogP contribution in [0.25, 0.3) is 0 Å². The quantitative estimate of drug-likeness (QED) is 0.228. The summed E-state index contributed by atoms with van der Waals surface area (Å²) < 4.78 is 0. The van der Waals surface area contributed by atoms with E-state index < -0.39 is 12.0 Å². The lowest BCUT2D eigenvalue weighted by Crippen LogP contribution is -2.62. The van der Waals surface area contributed by atoms with E-state index in [-0.39, 0.29) is 35.1 Å². The van der Waals surface area contributed by atoms with Gasteiger partial charge in [0.25, 0.3) is 0 Å². The van der Waals surface area contributed by atoms with Crippen molar-refractivity contribution in [2.45, 2.75) is 122 Å². The maximum atomic E-state index is 11.7. The maximum absolute atomic E-state index is 11.7. The summed E-state index contributed by atoms with van der Waals surface area (Å²) in [6, 6.07) is -0.508. The van der Waals surface area contributed by atoms with Crippen LogP contribution >= 0.6 is 0 Å². The number of aliphatic hydroxyl groups excluding tert-OH is 3. The lowest BCUT2D eigenvalue weighted by Gasteiger charge is -2.63. The number of unbranched alkanes of at least 4 members (excludes halogenated alkanes) is 1. The van der Waals surface area contributed by atoms with E-state index in [0.717, 1.165) is 70.6 Å². The molecule has 37 heavy (non-hydrogen) atoms. The van der Waals surface area contributed by atoms with Gasteiger partial charge in [-0.05, 0) is 130 Å². The Bertz CT molecular complexity index is 781. The molecule has 7 N–H and O–H groups in total. The molecule has 214 valence electrons. The Hall–Kier alpha value is -0.730. The minimum Gasteiger partial charge on any atom is -0.480 e. The molecule has 7 heteroatoms. The number of rotatable bonds is 11. The topological polar surface area (TPSA) is 136 Å². The summed E-state index contributed by atoms with van der Waals surface area (Å²) in [4.78, 5) is 11.6. The van der Waals surface area contributed by atoms with Crippen LogP contribution in [0.1, 0.15) is 97.8 Å². The van der Waals surface area contributed by atoms with E-state index in [9.17, 15) is 25.2 Å². The molecule has 0 aromatic carbocycles. The van der Waals surface area contributed by atoms with Gasteiger partial charge in [-0.3, -0.25) is 4.79 Å². The molecule has 4 aliphatic carbocycles. The highest BCUT2D eigenvalue weighted by molar-refractivity contribution is 5.73. The van der Waals surface area contributed by atoms with Gasteiger partial charge in [0.15, 0.2) is 0 Å². The van der Waals surface area contributed by atoms with Crippen molar-refractivity contribution in [1.29, 1.82) is 0 Å². The van der Waals surface area contributed by atoms with Gasteiger partial charge in [0, 0.05) is 0 Å². The van der Waals surface area contributed by atoms with E-state index in [1.54, 1.807) is 0 Å². The van der Waals surface area contributed by atoms with E-state index in [1.165, 1.54) is 0 Å². The Kier molecular flexibility index (Phi) is 9.32. The maximum Gasteiger partial charge on any atom is 0.320 e. The number of nitrogens with one attached hydrogen (secondary N) is 1. The van der Waals surface area contributed by atoms with Crippen molar-refractivity contribution in [2.24, 2.45) is 52.1 Å². The normalized spacial score (nSPS) is 44.9. The van der Waals surface area contributed by atoms with Gasteiger partial charge in [0.2, 0.25) is 0 Å². The van der Waals surface area contributed by atoms with Gasteiger partial charge in [0.1, 0.15) is 6.04 Å². The number of carboxylic acid groups (broad SMARTS) is 1. The molecule has 12 atom stereocenters. The standard InChI is InChI=1S/C30H54N2O5/c1-18(7-6-14-32-24(28(36)37)8-4-5-13-31)21-9-10-22-27-23(17-26(35)30(21,22)3)29(2)12-11-20(33)15-19(29)16-25(27)34/h18-27,32-35H,4-17,31H2,1-3H3,(H,36,37)/t18-,19+,20-,21-,22+,23+,24?,25-,26+,27+,29+,30-/m1/s1. The molecule has 0 aromatic rings. The monoisotopic (exact) mass is 522 g/mol. The lowest BCUT2D eigenvalue weighted by atomic mass is 9.43. The number of aliphatic carboxylic acids is 1. The summed E-state index contributed by atoms with van der Waals surface area (Å²) in [6.45, 7) is 8.27. The van der Waals surface area contributed by atoms with Crippen LogP contribution in [0.5, 0.6) is 0 Å². The van der Waals surface area contributed by atoms with E-state index in [0.29, 0.717) is 49.1 Å². The van der Waals surface area contributed by atoms with Crippen LogP contribution in [0.4, 0.5) is 0 Å². The number of carbonyl (C=O) groups is 1. The molecule has 0 heterocycles. The van der Waals surface area contributed by atoms with Gasteiger partial charge >= 0.3 is 5.97 Å². The predicted molar refractivity (Wildman–Crippen MR) is 145 cm³/mol. The van der Waals surface area contributed by atoms with Crippen molar-refractivity contribution >= 4 is 5.97 Å². The summed E-state index contributed by atoms with van der Waals surface area (Å²) in [7, 11) is 0. The molecule has 1 unspecified atom stereocenters. The Labute approximate surface area is 224 Å². The molecule has 0 aliphatic heterocycles. The Morgan fingerprint density at radius 3 is 2.46 bits per heavy atom. The zero-order valence-electron chi connectivity index (χ0n) is 23.4. The summed E-state index contributed by atoms with van der Waals surface area (Å²) in [5, 5.41) is 46.2. The number of hydrogen-bond acceptors (Lipinski definition) is 6. The predicted octanol–water partition coefficient (Wildman–Crippen LogP) is 3.54. The smallest absolute Gasteiger partial charge is 0.320 e. The van der Waals surface area contributed by atoms with Crippen molar-refractivity contribution in [2.75, 3.05) is 13.1 Å². The molecule has 4 saturated carbocycles. The summed E-state index contributed by atoms with van der Waals surface area (Å²) in [5.74, 6) is 1.33. The Morgan fingerprint density at radius 1 is 1.00 bits per heavy atom. The number of fused-ring (bicyclic) bond motifs is 5. The van der Waals surface area contributed by atoms with Crippen LogP contribution in [0.15, 0.2) is 0 Å². The molecule has 0 spiro atoms. The first-order chi connectivity index (χ1) is 17.5. The van der Waals surface area contributed by atoms with Crippen molar-refractivity contribution in [3.63, 3.8) is 0 Å².